The molecule has 112 valence electrons. The highest BCUT2D eigenvalue weighted by Gasteiger charge is 2.31. The summed E-state index contributed by atoms with van der Waals surface area (Å²) in [7, 11) is 1.85. The monoisotopic (exact) mass is 268 g/mol. The summed E-state index contributed by atoms with van der Waals surface area (Å²) in [4.78, 5) is 2.60. The molecule has 19 heavy (non-hydrogen) atoms. The molecule has 1 aliphatic heterocycles. The smallest absolute Gasteiger partial charge is 0.0724 e. The van der Waals surface area contributed by atoms with Crippen LogP contribution in [0.15, 0.2) is 0 Å². The Hall–Kier alpha value is -0.120. The molecule has 0 amide bonds. The Bertz CT molecular complexity index is 253. The van der Waals surface area contributed by atoms with Gasteiger partial charge in [0.15, 0.2) is 0 Å². The Morgan fingerprint density at radius 2 is 1.95 bits per heavy atom. The minimum absolute atomic E-state index is 0.397. The second-order valence-electron chi connectivity index (χ2n) is 6.66. The second-order valence-corrected chi connectivity index (χ2v) is 6.66. The Morgan fingerprint density at radius 1 is 1.21 bits per heavy atom. The van der Waals surface area contributed by atoms with Crippen molar-refractivity contribution in [3.05, 3.63) is 0 Å². The zero-order valence-electron chi connectivity index (χ0n) is 12.8. The minimum Gasteiger partial charge on any atom is -0.380 e. The molecule has 3 atom stereocenters. The summed E-state index contributed by atoms with van der Waals surface area (Å²) < 4.78 is 5.64. The van der Waals surface area contributed by atoms with Gasteiger partial charge >= 0.3 is 0 Å². The standard InChI is InChI=1S/C16H32N2O/c1-13-8-9-18(12-16(13)19-2)15(11-17)10-14-6-4-3-5-7-14/h13-16H,3-12,17H2,1-2H3. The lowest BCUT2D eigenvalue weighted by Crippen LogP contribution is -2.51. The van der Waals surface area contributed by atoms with Crippen molar-refractivity contribution in [2.75, 3.05) is 26.7 Å². The number of nitrogens with two attached hydrogens (primary N) is 1. The maximum absolute atomic E-state index is 6.06. The van der Waals surface area contributed by atoms with Crippen molar-refractivity contribution in [3.8, 4) is 0 Å². The van der Waals surface area contributed by atoms with Gasteiger partial charge in [-0.25, -0.2) is 0 Å². The van der Waals surface area contributed by atoms with Gasteiger partial charge in [0.2, 0.25) is 0 Å². The van der Waals surface area contributed by atoms with Gasteiger partial charge in [-0.15, -0.1) is 0 Å². The van der Waals surface area contributed by atoms with Crippen LogP contribution >= 0.6 is 0 Å². The number of likely N-dealkylation sites (tertiary alicyclic amines) is 1. The predicted molar refractivity (Wildman–Crippen MR) is 80.2 cm³/mol. The van der Waals surface area contributed by atoms with Crippen molar-refractivity contribution in [1.82, 2.24) is 4.90 Å². The Morgan fingerprint density at radius 3 is 2.58 bits per heavy atom. The van der Waals surface area contributed by atoms with E-state index in [9.17, 15) is 0 Å². The Labute approximate surface area is 118 Å². The molecule has 1 saturated carbocycles. The largest absolute Gasteiger partial charge is 0.380 e. The molecule has 0 radical (unpaired) electrons. The lowest BCUT2D eigenvalue weighted by atomic mass is 9.83. The molecule has 3 heteroatoms. The molecular weight excluding hydrogens is 236 g/mol. The van der Waals surface area contributed by atoms with Gasteiger partial charge in [0.05, 0.1) is 6.10 Å². The number of ether oxygens (including phenoxy) is 1. The SMILES string of the molecule is COC1CN(C(CN)CC2CCCCC2)CCC1C. The molecule has 0 bridgehead atoms. The van der Waals surface area contributed by atoms with Crippen molar-refractivity contribution in [2.45, 2.75) is 64.0 Å². The summed E-state index contributed by atoms with van der Waals surface area (Å²) >= 11 is 0. The quantitative estimate of drug-likeness (QED) is 0.833. The van der Waals surface area contributed by atoms with E-state index in [1.54, 1.807) is 0 Å². The normalized spacial score (nSPS) is 32.4. The average Bonchev–Trinajstić information content (AvgIpc) is 2.46. The Balaban J connectivity index is 1.86. The third-order valence-corrected chi connectivity index (χ3v) is 5.34. The summed E-state index contributed by atoms with van der Waals surface area (Å²) in [5, 5.41) is 0. The molecule has 0 spiro atoms. The first-order valence-electron chi connectivity index (χ1n) is 8.21. The first kappa shape index (κ1) is 15.3. The molecule has 1 heterocycles. The van der Waals surface area contributed by atoms with Gasteiger partial charge < -0.3 is 10.5 Å². The molecule has 0 aromatic carbocycles. The molecular formula is C16H32N2O. The van der Waals surface area contributed by atoms with Gasteiger partial charge in [0.1, 0.15) is 0 Å². The molecule has 0 aromatic heterocycles. The zero-order chi connectivity index (χ0) is 13.7. The molecule has 0 aromatic rings. The fourth-order valence-electron chi connectivity index (χ4n) is 3.90. The number of hydrogen-bond acceptors (Lipinski definition) is 3. The fraction of sp³-hybridized carbons (Fsp3) is 1.00. The maximum atomic E-state index is 6.06. The van der Waals surface area contributed by atoms with Gasteiger partial charge in [-0.2, -0.15) is 0 Å². The van der Waals surface area contributed by atoms with Crippen LogP contribution in [0.4, 0.5) is 0 Å². The number of rotatable bonds is 5. The van der Waals surface area contributed by atoms with Crippen LogP contribution in [-0.2, 0) is 4.74 Å². The number of methoxy groups -OCH3 is 1. The molecule has 2 N–H and O–H groups in total. The number of nitrogens with zero attached hydrogens (tertiary/aromatic N) is 1. The average molecular weight is 268 g/mol. The first-order valence-corrected chi connectivity index (χ1v) is 8.21. The Kier molecular flexibility index (Phi) is 6.11. The van der Waals surface area contributed by atoms with Crippen molar-refractivity contribution < 1.29 is 4.74 Å². The summed E-state index contributed by atoms with van der Waals surface area (Å²) in [6.07, 6.45) is 10.1. The first-order chi connectivity index (χ1) is 9.24. The summed E-state index contributed by atoms with van der Waals surface area (Å²) in [5.74, 6) is 1.61. The van der Waals surface area contributed by atoms with E-state index in [2.05, 4.69) is 11.8 Å². The lowest BCUT2D eigenvalue weighted by molar-refractivity contribution is -0.0216. The highest BCUT2D eigenvalue weighted by Crippen LogP contribution is 2.30. The van der Waals surface area contributed by atoms with Gasteiger partial charge in [0, 0.05) is 26.2 Å². The predicted octanol–water partition coefficient (Wildman–Crippen LogP) is 2.64. The lowest BCUT2D eigenvalue weighted by Gasteiger charge is -2.41. The van der Waals surface area contributed by atoms with E-state index >= 15 is 0 Å². The van der Waals surface area contributed by atoms with Crippen LogP contribution in [-0.4, -0.2) is 43.8 Å². The maximum Gasteiger partial charge on any atom is 0.0724 e. The van der Waals surface area contributed by atoms with Crippen molar-refractivity contribution in [1.29, 1.82) is 0 Å². The van der Waals surface area contributed by atoms with Crippen LogP contribution in [0.5, 0.6) is 0 Å². The number of hydrogen-bond donors (Lipinski definition) is 1. The summed E-state index contributed by atoms with van der Waals surface area (Å²) in [6.45, 7) is 5.40. The topological polar surface area (TPSA) is 38.5 Å². The third-order valence-electron chi connectivity index (χ3n) is 5.34. The van der Waals surface area contributed by atoms with E-state index in [1.807, 2.05) is 7.11 Å². The van der Waals surface area contributed by atoms with Crippen molar-refractivity contribution in [2.24, 2.45) is 17.6 Å². The van der Waals surface area contributed by atoms with Crippen LogP contribution < -0.4 is 5.73 Å². The summed E-state index contributed by atoms with van der Waals surface area (Å²) in [6, 6.07) is 0.577. The van der Waals surface area contributed by atoms with Crippen LogP contribution in [0.2, 0.25) is 0 Å². The molecule has 2 rings (SSSR count). The van der Waals surface area contributed by atoms with Gasteiger partial charge in [-0.3, -0.25) is 4.90 Å². The highest BCUT2D eigenvalue weighted by molar-refractivity contribution is 4.85. The highest BCUT2D eigenvalue weighted by atomic mass is 16.5. The molecule has 1 aliphatic carbocycles. The minimum atomic E-state index is 0.397. The van der Waals surface area contributed by atoms with Crippen LogP contribution in [0.25, 0.3) is 0 Å². The summed E-state index contributed by atoms with van der Waals surface area (Å²) in [5.41, 5.74) is 6.06. The molecule has 2 fully saturated rings. The molecule has 3 nitrogen and oxygen atoms in total. The van der Waals surface area contributed by atoms with E-state index in [0.29, 0.717) is 18.1 Å². The van der Waals surface area contributed by atoms with Crippen molar-refractivity contribution in [3.63, 3.8) is 0 Å². The molecule has 2 aliphatic rings. The fourth-order valence-corrected chi connectivity index (χ4v) is 3.90. The van der Waals surface area contributed by atoms with Crippen LogP contribution in [0, 0.1) is 11.8 Å². The van der Waals surface area contributed by atoms with Crippen molar-refractivity contribution >= 4 is 0 Å². The number of piperidine rings is 1. The third kappa shape index (κ3) is 4.17. The van der Waals surface area contributed by atoms with E-state index < -0.39 is 0 Å². The van der Waals surface area contributed by atoms with Gasteiger partial charge in [-0.05, 0) is 31.2 Å². The van der Waals surface area contributed by atoms with E-state index in [1.165, 1.54) is 51.5 Å². The van der Waals surface area contributed by atoms with E-state index in [-0.39, 0.29) is 0 Å². The van der Waals surface area contributed by atoms with Gasteiger partial charge in [-0.1, -0.05) is 39.0 Å². The van der Waals surface area contributed by atoms with E-state index in [0.717, 1.165) is 19.0 Å². The van der Waals surface area contributed by atoms with Crippen LogP contribution in [0.1, 0.15) is 51.9 Å². The van der Waals surface area contributed by atoms with Gasteiger partial charge in [0.25, 0.3) is 0 Å². The van der Waals surface area contributed by atoms with E-state index in [4.69, 9.17) is 10.5 Å². The molecule has 3 unspecified atom stereocenters. The van der Waals surface area contributed by atoms with Crippen LogP contribution in [0.3, 0.4) is 0 Å². The second kappa shape index (κ2) is 7.61. The molecule has 1 saturated heterocycles. The zero-order valence-corrected chi connectivity index (χ0v) is 12.8.